The molecule has 2 aromatic carbocycles. The van der Waals surface area contributed by atoms with Crippen molar-refractivity contribution < 1.29 is 31.1 Å². The Labute approximate surface area is 217 Å². The van der Waals surface area contributed by atoms with E-state index in [0.29, 0.717) is 5.75 Å². The van der Waals surface area contributed by atoms with Crippen LogP contribution in [0.15, 0.2) is 30.3 Å². The number of hydrogen-bond acceptors (Lipinski definition) is 2. The van der Waals surface area contributed by atoms with Gasteiger partial charge in [0, 0.05) is 0 Å². The van der Waals surface area contributed by atoms with Crippen LogP contribution in [0.5, 0.6) is 0 Å². The van der Waals surface area contributed by atoms with E-state index in [1.54, 1.807) is 0 Å². The lowest BCUT2D eigenvalue weighted by Crippen LogP contribution is -2.23. The summed E-state index contributed by atoms with van der Waals surface area (Å²) in [4.78, 5) is 11.8. The molecule has 0 saturated heterocycles. The fourth-order valence-corrected chi connectivity index (χ4v) is 4.93. The molecule has 0 aliphatic heterocycles. The smallest absolute Gasteiger partial charge is 0.366 e. The van der Waals surface area contributed by atoms with Gasteiger partial charge in [0.2, 0.25) is 5.91 Å². The Balaban J connectivity index is 2.75. The zero-order valence-electron chi connectivity index (χ0n) is 18.3. The number of alkyl halides is 6. The first kappa shape index (κ1) is 29.7. The number of benzene rings is 2. The van der Waals surface area contributed by atoms with Crippen LogP contribution in [0.3, 0.4) is 0 Å². The molecule has 0 spiro atoms. The standard InChI is InChI=1S/C23H20Cl3F6NOS/c1-3-35-10-11(2)18-12(4-6-14(21(33)34)19(18)23(30,31)32)5-7-15(22(27,28)29)13-8-16(24)20(26)17(25)9-13/h4-9,11,15H,3,10H2,1-2H3,(H2,33,34)/b7-5+/t11-,15?/m0/s1. The van der Waals surface area contributed by atoms with Crippen LogP contribution >= 0.6 is 46.6 Å². The van der Waals surface area contributed by atoms with E-state index < -0.39 is 41.2 Å². The summed E-state index contributed by atoms with van der Waals surface area (Å²) in [6.45, 7) is 3.33. The van der Waals surface area contributed by atoms with Crippen LogP contribution in [0.2, 0.25) is 15.1 Å². The minimum atomic E-state index is -4.96. The third kappa shape index (κ3) is 7.24. The van der Waals surface area contributed by atoms with Gasteiger partial charge in [-0.2, -0.15) is 38.1 Å². The highest BCUT2D eigenvalue weighted by molar-refractivity contribution is 7.99. The summed E-state index contributed by atoms with van der Waals surface area (Å²) in [5.74, 6) is -3.43. The minimum Gasteiger partial charge on any atom is -0.366 e. The highest BCUT2D eigenvalue weighted by Gasteiger charge is 2.41. The number of allylic oxidation sites excluding steroid dienone is 1. The molecule has 35 heavy (non-hydrogen) atoms. The number of amides is 1. The molecule has 0 saturated carbocycles. The maximum atomic E-state index is 14.1. The molecule has 2 N–H and O–H groups in total. The van der Waals surface area contributed by atoms with Gasteiger partial charge >= 0.3 is 12.4 Å². The molecule has 192 valence electrons. The van der Waals surface area contributed by atoms with Crippen molar-refractivity contribution in [2.75, 3.05) is 11.5 Å². The highest BCUT2D eigenvalue weighted by Crippen LogP contribution is 2.43. The molecule has 2 rings (SSSR count). The zero-order chi connectivity index (χ0) is 26.7. The average molecular weight is 579 g/mol. The quantitative estimate of drug-likeness (QED) is 0.251. The summed E-state index contributed by atoms with van der Waals surface area (Å²) in [7, 11) is 0. The molecule has 0 aliphatic carbocycles. The third-order valence-electron chi connectivity index (χ3n) is 5.08. The van der Waals surface area contributed by atoms with Crippen LogP contribution in [0.1, 0.15) is 58.3 Å². The molecule has 2 atom stereocenters. The SMILES string of the molecule is CCSC[C@H](C)c1c(/C=C/C(c2cc(Cl)c(Cl)c(Cl)c2)C(F)(F)F)ccc(C(N)=O)c1C(F)(F)F. The summed E-state index contributed by atoms with van der Waals surface area (Å²) in [5, 5.41) is -0.524. The van der Waals surface area contributed by atoms with Gasteiger partial charge in [-0.15, -0.1) is 0 Å². The number of primary amides is 1. The first-order chi connectivity index (χ1) is 16.1. The normalized spacial score (nSPS) is 14.4. The average Bonchev–Trinajstić information content (AvgIpc) is 2.73. The summed E-state index contributed by atoms with van der Waals surface area (Å²) in [6.07, 6.45) is -8.11. The summed E-state index contributed by atoms with van der Waals surface area (Å²) < 4.78 is 83.9. The number of carbonyl (C=O) groups excluding carboxylic acids is 1. The molecule has 0 aromatic heterocycles. The van der Waals surface area contributed by atoms with Gasteiger partial charge in [0.05, 0.1) is 32.1 Å². The Morgan fingerprint density at radius 1 is 1.09 bits per heavy atom. The predicted molar refractivity (Wildman–Crippen MR) is 131 cm³/mol. The van der Waals surface area contributed by atoms with Crippen molar-refractivity contribution in [1.82, 2.24) is 0 Å². The van der Waals surface area contributed by atoms with Crippen molar-refractivity contribution in [1.29, 1.82) is 0 Å². The summed E-state index contributed by atoms with van der Waals surface area (Å²) >= 11 is 19.0. The van der Waals surface area contributed by atoms with Gasteiger partial charge in [-0.1, -0.05) is 66.9 Å². The maximum Gasteiger partial charge on any atom is 0.417 e. The highest BCUT2D eigenvalue weighted by atomic mass is 35.5. The number of hydrogen-bond donors (Lipinski definition) is 1. The predicted octanol–water partition coefficient (Wildman–Crippen LogP) is 8.98. The molecule has 12 heteroatoms. The van der Waals surface area contributed by atoms with Crippen LogP contribution in [-0.4, -0.2) is 23.6 Å². The van der Waals surface area contributed by atoms with E-state index in [1.807, 2.05) is 6.92 Å². The number of carbonyl (C=O) groups is 1. The fourth-order valence-electron chi connectivity index (χ4n) is 3.56. The van der Waals surface area contributed by atoms with Gasteiger partial charge in [-0.25, -0.2) is 0 Å². The Morgan fingerprint density at radius 2 is 1.66 bits per heavy atom. The van der Waals surface area contributed by atoms with Gasteiger partial charge in [0.15, 0.2) is 0 Å². The monoisotopic (exact) mass is 577 g/mol. The maximum absolute atomic E-state index is 14.1. The topological polar surface area (TPSA) is 43.1 Å². The van der Waals surface area contributed by atoms with Crippen molar-refractivity contribution in [3.8, 4) is 0 Å². The summed E-state index contributed by atoms with van der Waals surface area (Å²) in [6, 6.07) is 4.02. The molecule has 2 aromatic rings. The van der Waals surface area contributed by atoms with Crippen molar-refractivity contribution in [3.05, 3.63) is 73.2 Å². The van der Waals surface area contributed by atoms with Gasteiger partial charge in [-0.05, 0) is 52.3 Å². The Hall–Kier alpha value is -1.55. The van der Waals surface area contributed by atoms with E-state index in [4.69, 9.17) is 40.5 Å². The van der Waals surface area contributed by atoms with E-state index in [9.17, 15) is 31.1 Å². The van der Waals surface area contributed by atoms with Crippen molar-refractivity contribution in [2.45, 2.75) is 38.0 Å². The second kappa shape index (κ2) is 11.7. The lowest BCUT2D eigenvalue weighted by atomic mass is 9.87. The Kier molecular flexibility index (Phi) is 9.89. The zero-order valence-corrected chi connectivity index (χ0v) is 21.4. The molecule has 0 radical (unpaired) electrons. The molecule has 0 fully saturated rings. The Morgan fingerprint density at radius 3 is 2.11 bits per heavy atom. The van der Waals surface area contributed by atoms with Crippen LogP contribution in [-0.2, 0) is 6.18 Å². The first-order valence-corrected chi connectivity index (χ1v) is 12.4. The van der Waals surface area contributed by atoms with Gasteiger partial charge in [0.25, 0.3) is 0 Å². The van der Waals surface area contributed by atoms with Gasteiger partial charge < -0.3 is 5.73 Å². The second-order valence-electron chi connectivity index (χ2n) is 7.59. The van der Waals surface area contributed by atoms with E-state index in [-0.39, 0.29) is 37.5 Å². The van der Waals surface area contributed by atoms with Crippen LogP contribution in [0.25, 0.3) is 6.08 Å². The second-order valence-corrected chi connectivity index (χ2v) is 10.1. The van der Waals surface area contributed by atoms with E-state index in [1.165, 1.54) is 18.7 Å². The van der Waals surface area contributed by atoms with Crippen LogP contribution < -0.4 is 5.73 Å². The van der Waals surface area contributed by atoms with Crippen LogP contribution in [0, 0.1) is 0 Å². The van der Waals surface area contributed by atoms with Crippen molar-refractivity contribution in [2.24, 2.45) is 5.73 Å². The van der Waals surface area contributed by atoms with Gasteiger partial charge in [0.1, 0.15) is 0 Å². The lowest BCUT2D eigenvalue weighted by molar-refractivity contribution is -0.140. The molecule has 0 heterocycles. The Bertz CT molecular complexity index is 1090. The number of halogens is 9. The minimum absolute atomic E-state index is 0.119. The fraction of sp³-hybridized carbons (Fsp3) is 0.348. The first-order valence-electron chi connectivity index (χ1n) is 10.1. The van der Waals surface area contributed by atoms with E-state index >= 15 is 0 Å². The molecular formula is C23H20Cl3F6NOS. The molecule has 0 bridgehead atoms. The largest absolute Gasteiger partial charge is 0.417 e. The summed E-state index contributed by atoms with van der Waals surface area (Å²) in [5.41, 5.74) is 2.41. The number of rotatable bonds is 8. The lowest BCUT2D eigenvalue weighted by Gasteiger charge is -2.23. The third-order valence-corrected chi connectivity index (χ3v) is 7.42. The van der Waals surface area contributed by atoms with E-state index in [2.05, 4.69) is 0 Å². The molecular weight excluding hydrogens is 559 g/mol. The van der Waals surface area contributed by atoms with Crippen LogP contribution in [0.4, 0.5) is 26.3 Å². The molecule has 2 nitrogen and oxygen atoms in total. The molecule has 1 amide bonds. The number of nitrogens with two attached hydrogens (primary N) is 1. The molecule has 0 aliphatic rings. The van der Waals surface area contributed by atoms with Gasteiger partial charge in [-0.3, -0.25) is 4.79 Å². The molecule has 1 unspecified atom stereocenters. The van der Waals surface area contributed by atoms with Crippen molar-refractivity contribution >= 4 is 58.5 Å². The van der Waals surface area contributed by atoms with E-state index in [0.717, 1.165) is 36.4 Å². The number of thioether (sulfide) groups is 1. The van der Waals surface area contributed by atoms with Crippen molar-refractivity contribution in [3.63, 3.8) is 0 Å².